The smallest absolute Gasteiger partial charge is 0.454 e. The third kappa shape index (κ3) is 7.77. The second-order valence-electron chi connectivity index (χ2n) is 7.01. The van der Waals surface area contributed by atoms with Gasteiger partial charge in [-0.15, -0.1) is 0 Å². The minimum absolute atomic E-state index is 0.0852. The number of hydrogen-bond donors (Lipinski definition) is 1. The Balaban J connectivity index is 1.82. The summed E-state index contributed by atoms with van der Waals surface area (Å²) < 4.78 is 46.8. The minimum Gasteiger partial charge on any atom is -0.494 e. The quantitative estimate of drug-likeness (QED) is 0.251. The number of ether oxygens (including phenoxy) is 2. The van der Waals surface area contributed by atoms with Gasteiger partial charge in [0.15, 0.2) is 6.61 Å². The molecule has 1 aliphatic heterocycles. The van der Waals surface area contributed by atoms with Crippen molar-refractivity contribution in [2.75, 3.05) is 31.6 Å². The number of piperidine rings is 1. The van der Waals surface area contributed by atoms with Gasteiger partial charge in [0.25, 0.3) is 17.4 Å². The van der Waals surface area contributed by atoms with E-state index in [0.717, 1.165) is 12.3 Å². The summed E-state index contributed by atoms with van der Waals surface area (Å²) in [6.07, 6.45) is -2.95. The van der Waals surface area contributed by atoms with Gasteiger partial charge in [0, 0.05) is 25.4 Å². The molecule has 0 unspecified atom stereocenters. The molecule has 1 N–H and O–H groups in total. The van der Waals surface area contributed by atoms with Gasteiger partial charge >= 0.3 is 12.1 Å². The van der Waals surface area contributed by atoms with Gasteiger partial charge in [0.1, 0.15) is 11.4 Å². The maximum atomic E-state index is 12.2. The van der Waals surface area contributed by atoms with Crippen molar-refractivity contribution in [2.45, 2.75) is 25.9 Å². The molecule has 0 atom stereocenters. The highest BCUT2D eigenvalue weighted by atomic mass is 19.4. The first-order chi connectivity index (χ1) is 15.5. The predicted octanol–water partition coefficient (Wildman–Crippen LogP) is 2.83. The number of ketones is 1. The lowest BCUT2D eigenvalue weighted by molar-refractivity contribution is -0.384. The Morgan fingerprint density at radius 2 is 1.94 bits per heavy atom. The summed E-state index contributed by atoms with van der Waals surface area (Å²) in [6.45, 7) is 1.81. The van der Waals surface area contributed by atoms with Gasteiger partial charge in [0.2, 0.25) is 0 Å². The Kier molecular flexibility index (Phi) is 8.77. The summed E-state index contributed by atoms with van der Waals surface area (Å²) in [7, 11) is 0. The van der Waals surface area contributed by atoms with Crippen molar-refractivity contribution in [3.8, 4) is 5.75 Å². The molecule has 0 radical (unpaired) electrons. The number of rotatable bonds is 9. The van der Waals surface area contributed by atoms with Gasteiger partial charge in [-0.1, -0.05) is 0 Å². The number of carbonyl (C=O) groups is 3. The summed E-state index contributed by atoms with van der Waals surface area (Å²) in [5.41, 5.74) is -0.469. The molecule has 13 heteroatoms. The third-order valence-corrected chi connectivity index (χ3v) is 4.68. The molecule has 1 heterocycles. The van der Waals surface area contributed by atoms with Gasteiger partial charge in [-0.25, -0.2) is 0 Å². The number of benzene rings is 1. The minimum atomic E-state index is -4.94. The van der Waals surface area contributed by atoms with E-state index in [1.807, 2.05) is 0 Å². The van der Waals surface area contributed by atoms with Crippen molar-refractivity contribution in [3.63, 3.8) is 0 Å². The maximum Gasteiger partial charge on any atom is 0.454 e. The van der Waals surface area contributed by atoms with Crippen LogP contribution in [-0.2, 0) is 19.1 Å². The van der Waals surface area contributed by atoms with Gasteiger partial charge in [0.05, 0.1) is 23.5 Å². The van der Waals surface area contributed by atoms with E-state index in [-0.39, 0.29) is 43.1 Å². The van der Waals surface area contributed by atoms with Gasteiger partial charge in [-0.05, 0) is 31.9 Å². The number of allylic oxidation sites excluding steroid dienone is 1. The Labute approximate surface area is 186 Å². The van der Waals surface area contributed by atoms with Crippen LogP contribution in [0.1, 0.15) is 19.8 Å². The number of amides is 1. The van der Waals surface area contributed by atoms with Crippen LogP contribution in [0.15, 0.2) is 30.5 Å². The fourth-order valence-corrected chi connectivity index (χ4v) is 3.02. The number of likely N-dealkylation sites (tertiary alicyclic amines) is 1. The van der Waals surface area contributed by atoms with Crippen molar-refractivity contribution in [1.29, 1.82) is 0 Å². The summed E-state index contributed by atoms with van der Waals surface area (Å²) in [6, 6.07) is 3.91. The first kappa shape index (κ1) is 25.6. The lowest BCUT2D eigenvalue weighted by Crippen LogP contribution is -2.35. The average molecular weight is 473 g/mol. The fourth-order valence-electron chi connectivity index (χ4n) is 3.02. The van der Waals surface area contributed by atoms with Crippen LogP contribution in [-0.4, -0.2) is 60.0 Å². The first-order valence-corrected chi connectivity index (χ1v) is 9.92. The average Bonchev–Trinajstić information content (AvgIpc) is 2.76. The third-order valence-electron chi connectivity index (χ3n) is 4.68. The lowest BCUT2D eigenvalue weighted by atomic mass is 9.97. The van der Waals surface area contributed by atoms with Crippen LogP contribution >= 0.6 is 0 Å². The zero-order valence-corrected chi connectivity index (χ0v) is 17.6. The molecule has 0 bridgehead atoms. The molecule has 2 rings (SSSR count). The largest absolute Gasteiger partial charge is 0.494 e. The number of nitro groups is 1. The molecule has 1 fully saturated rings. The molecule has 180 valence electrons. The molecule has 10 nitrogen and oxygen atoms in total. The molecule has 0 aromatic heterocycles. The molecule has 1 aromatic rings. The second kappa shape index (κ2) is 11.3. The molecule has 1 aliphatic rings. The van der Waals surface area contributed by atoms with Gasteiger partial charge in [-0.2, -0.15) is 13.2 Å². The van der Waals surface area contributed by atoms with E-state index < -0.39 is 41.3 Å². The molecule has 1 amide bonds. The molecule has 33 heavy (non-hydrogen) atoms. The van der Waals surface area contributed by atoms with Crippen LogP contribution in [0.25, 0.3) is 0 Å². The molecule has 0 spiro atoms. The summed E-state index contributed by atoms with van der Waals surface area (Å²) in [5.74, 6) is -3.72. The van der Waals surface area contributed by atoms with Crippen molar-refractivity contribution < 1.29 is 42.0 Å². The Bertz CT molecular complexity index is 926. The highest BCUT2D eigenvalue weighted by molar-refractivity contribution is 5.95. The fraction of sp³-hybridized carbons (Fsp3) is 0.450. The monoisotopic (exact) mass is 473 g/mol. The van der Waals surface area contributed by atoms with E-state index in [1.54, 1.807) is 6.92 Å². The first-order valence-electron chi connectivity index (χ1n) is 9.92. The number of carbonyl (C=O) groups excluding carboxylic acids is 3. The number of alkyl halides is 3. The van der Waals surface area contributed by atoms with Crippen LogP contribution in [0.3, 0.4) is 0 Å². The molecule has 1 aromatic carbocycles. The van der Waals surface area contributed by atoms with E-state index in [9.17, 15) is 37.7 Å². The zero-order chi connectivity index (χ0) is 24.6. The van der Waals surface area contributed by atoms with Crippen LogP contribution < -0.4 is 10.1 Å². The van der Waals surface area contributed by atoms with E-state index in [1.165, 1.54) is 17.0 Å². The molecule has 0 aliphatic carbocycles. The number of nitro benzene ring substituents is 1. The normalized spacial score (nSPS) is 14.7. The number of anilines is 1. The van der Waals surface area contributed by atoms with Crippen LogP contribution in [0.4, 0.5) is 24.5 Å². The zero-order valence-electron chi connectivity index (χ0n) is 17.6. The molecule has 1 saturated heterocycles. The standard InChI is InChI=1S/C20H22F3N3O7/c1-2-32-14-3-4-15(16(11-14)26(30)31)24-18(28)12-33-19(29)13-5-8-25(9-6-13)10-7-17(27)20(21,22)23/h3-4,7,10-11,13H,2,5-6,8-9,12H2,1H3,(H,24,28)/b10-7+. The Hall–Kier alpha value is -3.64. The number of nitrogens with one attached hydrogen (secondary N) is 1. The van der Waals surface area contributed by atoms with Gasteiger partial charge in [-0.3, -0.25) is 24.5 Å². The molecular weight excluding hydrogens is 451 g/mol. The van der Waals surface area contributed by atoms with Crippen molar-refractivity contribution >= 4 is 29.0 Å². The topological polar surface area (TPSA) is 128 Å². The summed E-state index contributed by atoms with van der Waals surface area (Å²) in [5, 5.41) is 13.5. The maximum absolute atomic E-state index is 12.2. The van der Waals surface area contributed by atoms with E-state index in [4.69, 9.17) is 9.47 Å². The summed E-state index contributed by atoms with van der Waals surface area (Å²) in [4.78, 5) is 47.2. The Morgan fingerprint density at radius 3 is 2.52 bits per heavy atom. The number of nitrogens with zero attached hydrogens (tertiary/aromatic N) is 2. The van der Waals surface area contributed by atoms with Crippen LogP contribution in [0, 0.1) is 16.0 Å². The number of hydrogen-bond acceptors (Lipinski definition) is 8. The van der Waals surface area contributed by atoms with E-state index in [2.05, 4.69) is 5.32 Å². The molecule has 0 saturated carbocycles. The summed E-state index contributed by atoms with van der Waals surface area (Å²) >= 11 is 0. The highest BCUT2D eigenvalue weighted by Gasteiger charge is 2.36. The lowest BCUT2D eigenvalue weighted by Gasteiger charge is -2.29. The van der Waals surface area contributed by atoms with E-state index >= 15 is 0 Å². The van der Waals surface area contributed by atoms with E-state index in [0.29, 0.717) is 12.7 Å². The van der Waals surface area contributed by atoms with Gasteiger partial charge < -0.3 is 19.7 Å². The number of esters is 1. The van der Waals surface area contributed by atoms with Crippen molar-refractivity contribution in [1.82, 2.24) is 4.90 Å². The number of halogens is 3. The second-order valence-corrected chi connectivity index (χ2v) is 7.01. The van der Waals surface area contributed by atoms with Crippen molar-refractivity contribution in [3.05, 3.63) is 40.6 Å². The van der Waals surface area contributed by atoms with Crippen LogP contribution in [0.2, 0.25) is 0 Å². The highest BCUT2D eigenvalue weighted by Crippen LogP contribution is 2.29. The SMILES string of the molecule is CCOc1ccc(NC(=O)COC(=O)C2CCN(/C=C/C(=O)C(F)(F)F)CC2)c([N+](=O)[O-])c1. The molecular formula is C20H22F3N3O7. The van der Waals surface area contributed by atoms with Crippen LogP contribution in [0.5, 0.6) is 5.75 Å². The Morgan fingerprint density at radius 1 is 1.27 bits per heavy atom. The predicted molar refractivity (Wildman–Crippen MR) is 108 cm³/mol. The van der Waals surface area contributed by atoms with Crippen molar-refractivity contribution in [2.24, 2.45) is 5.92 Å².